The van der Waals surface area contributed by atoms with Crippen LogP contribution in [0.3, 0.4) is 0 Å². The molecule has 0 bridgehead atoms. The van der Waals surface area contributed by atoms with Gasteiger partial charge >= 0.3 is 0 Å². The van der Waals surface area contributed by atoms with E-state index in [0.29, 0.717) is 41.7 Å². The summed E-state index contributed by atoms with van der Waals surface area (Å²) in [5, 5.41) is 6.53. The second-order valence-electron chi connectivity index (χ2n) is 8.47. The van der Waals surface area contributed by atoms with Gasteiger partial charge in [-0.25, -0.2) is 0 Å². The first-order valence-electron chi connectivity index (χ1n) is 11.3. The van der Waals surface area contributed by atoms with Crippen molar-refractivity contribution < 1.29 is 9.59 Å². The maximum atomic E-state index is 12.5. The fraction of sp³-hybridized carbons (Fsp3) is 0.400. The molecule has 1 saturated heterocycles. The van der Waals surface area contributed by atoms with Gasteiger partial charge in [-0.05, 0) is 60.5 Å². The van der Waals surface area contributed by atoms with E-state index < -0.39 is 0 Å². The van der Waals surface area contributed by atoms with Crippen LogP contribution in [0.5, 0.6) is 0 Å². The van der Waals surface area contributed by atoms with Crippen molar-refractivity contribution in [1.29, 1.82) is 0 Å². The average Bonchev–Trinajstić information content (AvgIpc) is 2.79. The van der Waals surface area contributed by atoms with E-state index in [-0.39, 0.29) is 16.9 Å². The molecule has 0 aliphatic carbocycles. The van der Waals surface area contributed by atoms with Crippen LogP contribution >= 0.6 is 23.8 Å². The molecule has 1 aliphatic rings. The Morgan fingerprint density at radius 2 is 1.73 bits per heavy atom. The number of hydrogen-bond acceptors (Lipinski definition) is 4. The molecule has 1 aliphatic heterocycles. The largest absolute Gasteiger partial charge is 0.367 e. The average molecular weight is 487 g/mol. The molecule has 0 atom stereocenters. The predicted octanol–water partition coefficient (Wildman–Crippen LogP) is 5.04. The highest BCUT2D eigenvalue weighted by Gasteiger charge is 2.22. The van der Waals surface area contributed by atoms with Gasteiger partial charge in [-0.3, -0.25) is 14.9 Å². The van der Waals surface area contributed by atoms with Gasteiger partial charge in [0.1, 0.15) is 0 Å². The fourth-order valence-corrected chi connectivity index (χ4v) is 4.28. The summed E-state index contributed by atoms with van der Waals surface area (Å²) < 4.78 is 0. The second kappa shape index (κ2) is 11.5. The SMILES string of the molecule is CCCC(=O)N1CCN(c2ccc(NC(=S)NC(=O)c3ccc(C(C)C)cc3)cc2Cl)CC1. The van der Waals surface area contributed by atoms with Crippen molar-refractivity contribution in [3.8, 4) is 0 Å². The Kier molecular flexibility index (Phi) is 8.69. The highest BCUT2D eigenvalue weighted by atomic mass is 35.5. The van der Waals surface area contributed by atoms with E-state index in [2.05, 4.69) is 29.4 Å². The summed E-state index contributed by atoms with van der Waals surface area (Å²) in [5.74, 6) is 0.361. The number of benzene rings is 2. The Morgan fingerprint density at radius 3 is 2.30 bits per heavy atom. The van der Waals surface area contributed by atoms with E-state index in [9.17, 15) is 9.59 Å². The topological polar surface area (TPSA) is 64.7 Å². The quantitative estimate of drug-likeness (QED) is 0.560. The normalized spacial score (nSPS) is 13.7. The molecule has 2 aromatic rings. The molecule has 8 heteroatoms. The summed E-state index contributed by atoms with van der Waals surface area (Å²) in [6.45, 7) is 9.12. The predicted molar refractivity (Wildman–Crippen MR) is 139 cm³/mol. The molecule has 176 valence electrons. The van der Waals surface area contributed by atoms with Crippen molar-refractivity contribution in [3.63, 3.8) is 0 Å². The third kappa shape index (κ3) is 6.68. The molecular weight excluding hydrogens is 456 g/mol. The van der Waals surface area contributed by atoms with Crippen LogP contribution in [-0.2, 0) is 4.79 Å². The van der Waals surface area contributed by atoms with Gasteiger partial charge in [-0.1, -0.05) is 44.5 Å². The minimum absolute atomic E-state index is 0.208. The Balaban J connectivity index is 1.55. The Labute approximate surface area is 206 Å². The molecular formula is C25H31ClN4O2S. The number of nitrogens with one attached hydrogen (secondary N) is 2. The number of carbonyl (C=O) groups is 2. The Hall–Kier alpha value is -2.64. The number of hydrogen-bond donors (Lipinski definition) is 2. The third-order valence-electron chi connectivity index (χ3n) is 5.71. The van der Waals surface area contributed by atoms with Gasteiger partial charge in [0.25, 0.3) is 5.91 Å². The summed E-state index contributed by atoms with van der Waals surface area (Å²) >= 11 is 11.8. The van der Waals surface area contributed by atoms with Gasteiger partial charge in [0.2, 0.25) is 5.91 Å². The van der Waals surface area contributed by atoms with Crippen LogP contribution in [0.25, 0.3) is 0 Å². The first-order chi connectivity index (χ1) is 15.8. The van der Waals surface area contributed by atoms with E-state index >= 15 is 0 Å². The minimum Gasteiger partial charge on any atom is -0.367 e. The van der Waals surface area contributed by atoms with Gasteiger partial charge < -0.3 is 15.1 Å². The maximum Gasteiger partial charge on any atom is 0.257 e. The van der Waals surface area contributed by atoms with Crippen LogP contribution in [-0.4, -0.2) is 48.0 Å². The summed E-state index contributed by atoms with van der Waals surface area (Å²) in [6.07, 6.45) is 1.47. The maximum absolute atomic E-state index is 12.5. The van der Waals surface area contributed by atoms with Gasteiger partial charge in [0.05, 0.1) is 10.7 Å². The summed E-state index contributed by atoms with van der Waals surface area (Å²) in [5.41, 5.74) is 3.34. The molecule has 0 unspecified atom stereocenters. The zero-order valence-corrected chi connectivity index (χ0v) is 20.9. The lowest BCUT2D eigenvalue weighted by Gasteiger charge is -2.36. The number of piperazine rings is 1. The van der Waals surface area contributed by atoms with Crippen LogP contribution in [0.15, 0.2) is 42.5 Å². The molecule has 2 N–H and O–H groups in total. The van der Waals surface area contributed by atoms with Crippen LogP contribution in [0.1, 0.15) is 55.5 Å². The molecule has 6 nitrogen and oxygen atoms in total. The third-order valence-corrected chi connectivity index (χ3v) is 6.22. The summed E-state index contributed by atoms with van der Waals surface area (Å²) in [7, 11) is 0. The first kappa shape index (κ1) is 25.0. The van der Waals surface area contributed by atoms with Gasteiger partial charge in [0.15, 0.2) is 5.11 Å². The van der Waals surface area contributed by atoms with E-state index in [4.69, 9.17) is 23.8 Å². The highest BCUT2D eigenvalue weighted by molar-refractivity contribution is 7.80. The van der Waals surface area contributed by atoms with Crippen molar-refractivity contribution in [2.45, 2.75) is 39.5 Å². The van der Waals surface area contributed by atoms with Crippen molar-refractivity contribution in [3.05, 3.63) is 58.6 Å². The molecule has 0 spiro atoms. The summed E-state index contributed by atoms with van der Waals surface area (Å²) in [4.78, 5) is 28.7. The zero-order valence-electron chi connectivity index (χ0n) is 19.4. The smallest absolute Gasteiger partial charge is 0.257 e. The number of amides is 2. The number of carbonyl (C=O) groups excluding carboxylic acids is 2. The molecule has 1 fully saturated rings. The Morgan fingerprint density at radius 1 is 1.06 bits per heavy atom. The van der Waals surface area contributed by atoms with E-state index in [1.54, 1.807) is 18.2 Å². The molecule has 3 rings (SSSR count). The molecule has 2 aromatic carbocycles. The lowest BCUT2D eigenvalue weighted by atomic mass is 10.0. The first-order valence-corrected chi connectivity index (χ1v) is 12.1. The molecule has 0 aromatic heterocycles. The van der Waals surface area contributed by atoms with Gasteiger partial charge in [-0.15, -0.1) is 0 Å². The van der Waals surface area contributed by atoms with E-state index in [1.165, 1.54) is 5.56 Å². The summed E-state index contributed by atoms with van der Waals surface area (Å²) in [6, 6.07) is 13.1. The fourth-order valence-electron chi connectivity index (χ4n) is 3.77. The molecule has 1 heterocycles. The molecule has 0 radical (unpaired) electrons. The number of thiocarbonyl (C=S) groups is 1. The van der Waals surface area contributed by atoms with E-state index in [1.807, 2.05) is 36.1 Å². The van der Waals surface area contributed by atoms with E-state index in [0.717, 1.165) is 25.2 Å². The number of rotatable bonds is 6. The van der Waals surface area contributed by atoms with Crippen molar-refractivity contribution in [2.75, 3.05) is 36.4 Å². The van der Waals surface area contributed by atoms with Crippen LogP contribution in [0.4, 0.5) is 11.4 Å². The van der Waals surface area contributed by atoms with Crippen LogP contribution in [0, 0.1) is 0 Å². The zero-order chi connectivity index (χ0) is 24.0. The lowest BCUT2D eigenvalue weighted by Crippen LogP contribution is -2.48. The standard InChI is InChI=1S/C25H31ClN4O2S/c1-4-5-23(31)30-14-12-29(13-15-30)22-11-10-20(16-21(22)26)27-25(33)28-24(32)19-8-6-18(7-9-19)17(2)3/h6-11,16-17H,4-5,12-15H2,1-3H3,(H2,27,28,32,33). The van der Waals surface area contributed by atoms with Crippen LogP contribution in [0.2, 0.25) is 5.02 Å². The number of nitrogens with zero attached hydrogens (tertiary/aromatic N) is 2. The number of anilines is 2. The monoisotopic (exact) mass is 486 g/mol. The van der Waals surface area contributed by atoms with Crippen LogP contribution < -0.4 is 15.5 Å². The number of halogens is 1. The second-order valence-corrected chi connectivity index (χ2v) is 9.28. The molecule has 2 amide bonds. The van der Waals surface area contributed by atoms with Gasteiger partial charge in [-0.2, -0.15) is 0 Å². The lowest BCUT2D eigenvalue weighted by molar-refractivity contribution is -0.131. The minimum atomic E-state index is -0.263. The molecule has 33 heavy (non-hydrogen) atoms. The Bertz CT molecular complexity index is 1000. The van der Waals surface area contributed by atoms with Crippen molar-refractivity contribution in [1.82, 2.24) is 10.2 Å². The van der Waals surface area contributed by atoms with Gasteiger partial charge in [0, 0.05) is 43.9 Å². The highest BCUT2D eigenvalue weighted by Crippen LogP contribution is 2.29. The van der Waals surface area contributed by atoms with Crippen molar-refractivity contribution in [2.24, 2.45) is 0 Å². The molecule has 0 saturated carbocycles. The van der Waals surface area contributed by atoms with Crippen molar-refractivity contribution >= 4 is 52.1 Å².